The Hall–Kier alpha value is -5.60. The molecule has 1 aliphatic rings. The Morgan fingerprint density at radius 3 is 1.98 bits per heavy atom. The average molecular weight is 578 g/mol. The molecule has 0 N–H and O–H groups in total. The lowest BCUT2D eigenvalue weighted by molar-refractivity contribution is 0.660. The first-order valence-corrected chi connectivity index (χ1v) is 15.6. The average Bonchev–Trinajstić information content (AvgIpc) is 3.58. The summed E-state index contributed by atoms with van der Waals surface area (Å²) in [6, 6.07) is 54.5. The van der Waals surface area contributed by atoms with E-state index in [4.69, 9.17) is 4.42 Å². The standard InChI is InChI=1S/C43H31NO/c1-43(2)37-22-12-11-19-32(37)36-26-30(24-25-38(36)43)44(29-16-7-4-8-17-29)39-23-13-21-34-41-33-20-10-9-18-31(33)35(27-40(41)45-42(34)39)28-14-5-3-6-15-28/h3-27H,1-2H3. The van der Waals surface area contributed by atoms with Gasteiger partial charge in [-0.15, -0.1) is 0 Å². The second-order valence-electron chi connectivity index (χ2n) is 12.5. The molecule has 0 amide bonds. The third kappa shape index (κ3) is 3.82. The van der Waals surface area contributed by atoms with Gasteiger partial charge in [-0.2, -0.15) is 0 Å². The lowest BCUT2D eigenvalue weighted by Gasteiger charge is -2.27. The fourth-order valence-corrected chi connectivity index (χ4v) is 7.53. The van der Waals surface area contributed by atoms with Crippen molar-refractivity contribution < 1.29 is 4.42 Å². The molecule has 0 unspecified atom stereocenters. The maximum absolute atomic E-state index is 6.92. The van der Waals surface area contributed by atoms with E-state index in [-0.39, 0.29) is 5.41 Å². The van der Waals surface area contributed by atoms with E-state index in [1.165, 1.54) is 44.2 Å². The minimum absolute atomic E-state index is 0.0434. The van der Waals surface area contributed by atoms with Crippen molar-refractivity contribution in [3.63, 3.8) is 0 Å². The summed E-state index contributed by atoms with van der Waals surface area (Å²) in [6.07, 6.45) is 0. The van der Waals surface area contributed by atoms with Crippen LogP contribution in [0.3, 0.4) is 0 Å². The highest BCUT2D eigenvalue weighted by Crippen LogP contribution is 2.51. The summed E-state index contributed by atoms with van der Waals surface area (Å²) >= 11 is 0. The van der Waals surface area contributed by atoms with Gasteiger partial charge in [0, 0.05) is 27.6 Å². The van der Waals surface area contributed by atoms with Gasteiger partial charge in [0.25, 0.3) is 0 Å². The van der Waals surface area contributed by atoms with Gasteiger partial charge in [0.05, 0.1) is 5.69 Å². The summed E-state index contributed by atoms with van der Waals surface area (Å²) < 4.78 is 6.92. The van der Waals surface area contributed by atoms with Crippen molar-refractivity contribution in [1.82, 2.24) is 0 Å². The van der Waals surface area contributed by atoms with Gasteiger partial charge in [0.2, 0.25) is 0 Å². The summed E-state index contributed by atoms with van der Waals surface area (Å²) in [6.45, 7) is 4.66. The molecule has 0 bridgehead atoms. The van der Waals surface area contributed by atoms with Gasteiger partial charge in [-0.05, 0) is 80.6 Å². The van der Waals surface area contributed by atoms with Crippen LogP contribution in [0.2, 0.25) is 0 Å². The Morgan fingerprint density at radius 2 is 1.16 bits per heavy atom. The van der Waals surface area contributed by atoms with Crippen molar-refractivity contribution in [2.45, 2.75) is 19.3 Å². The molecule has 0 radical (unpaired) electrons. The topological polar surface area (TPSA) is 16.4 Å². The maximum atomic E-state index is 6.92. The Bertz CT molecular complexity index is 2400. The number of hydrogen-bond donors (Lipinski definition) is 0. The molecule has 0 aliphatic heterocycles. The van der Waals surface area contributed by atoms with Crippen molar-refractivity contribution in [2.24, 2.45) is 0 Å². The summed E-state index contributed by atoms with van der Waals surface area (Å²) in [5.41, 5.74) is 12.7. The van der Waals surface area contributed by atoms with Gasteiger partial charge in [-0.3, -0.25) is 0 Å². The molecule has 9 rings (SSSR count). The molecule has 1 heterocycles. The highest BCUT2D eigenvalue weighted by molar-refractivity contribution is 6.23. The molecule has 7 aromatic carbocycles. The lowest BCUT2D eigenvalue weighted by atomic mass is 9.82. The number of para-hydroxylation sites is 2. The summed E-state index contributed by atoms with van der Waals surface area (Å²) in [5, 5.41) is 4.70. The third-order valence-corrected chi connectivity index (χ3v) is 9.65. The lowest BCUT2D eigenvalue weighted by Crippen LogP contribution is -2.15. The minimum atomic E-state index is -0.0434. The van der Waals surface area contributed by atoms with Crippen molar-refractivity contribution in [3.05, 3.63) is 163 Å². The van der Waals surface area contributed by atoms with E-state index in [0.717, 1.165) is 39.0 Å². The molecule has 1 aliphatic carbocycles. The summed E-state index contributed by atoms with van der Waals surface area (Å²) in [4.78, 5) is 2.35. The molecule has 2 nitrogen and oxygen atoms in total. The molecule has 0 spiro atoms. The maximum Gasteiger partial charge on any atom is 0.159 e. The molecule has 2 heteroatoms. The van der Waals surface area contributed by atoms with Crippen LogP contribution in [-0.4, -0.2) is 0 Å². The van der Waals surface area contributed by atoms with Gasteiger partial charge in [0.15, 0.2) is 5.58 Å². The van der Waals surface area contributed by atoms with Gasteiger partial charge < -0.3 is 9.32 Å². The first kappa shape index (κ1) is 25.9. The molecule has 214 valence electrons. The van der Waals surface area contributed by atoms with Crippen LogP contribution in [0.25, 0.3) is 55.0 Å². The number of fused-ring (bicyclic) bond motifs is 8. The minimum Gasteiger partial charge on any atom is -0.454 e. The van der Waals surface area contributed by atoms with Gasteiger partial charge in [-0.25, -0.2) is 0 Å². The normalized spacial score (nSPS) is 13.3. The van der Waals surface area contributed by atoms with Crippen LogP contribution in [0.1, 0.15) is 25.0 Å². The smallest absolute Gasteiger partial charge is 0.159 e. The zero-order valence-electron chi connectivity index (χ0n) is 25.3. The van der Waals surface area contributed by atoms with E-state index in [0.29, 0.717) is 0 Å². The molecule has 0 atom stereocenters. The number of anilines is 3. The third-order valence-electron chi connectivity index (χ3n) is 9.65. The van der Waals surface area contributed by atoms with E-state index in [9.17, 15) is 0 Å². The highest BCUT2D eigenvalue weighted by atomic mass is 16.3. The van der Waals surface area contributed by atoms with Crippen molar-refractivity contribution in [2.75, 3.05) is 4.90 Å². The van der Waals surface area contributed by atoms with E-state index in [1.807, 2.05) is 0 Å². The van der Waals surface area contributed by atoms with E-state index < -0.39 is 0 Å². The number of rotatable bonds is 4. The van der Waals surface area contributed by atoms with Crippen LogP contribution in [0.4, 0.5) is 17.1 Å². The number of benzene rings is 7. The van der Waals surface area contributed by atoms with Crippen LogP contribution in [-0.2, 0) is 5.41 Å². The van der Waals surface area contributed by atoms with Crippen molar-refractivity contribution in [1.29, 1.82) is 0 Å². The zero-order chi connectivity index (χ0) is 30.1. The van der Waals surface area contributed by atoms with Crippen LogP contribution >= 0.6 is 0 Å². The zero-order valence-corrected chi connectivity index (χ0v) is 25.3. The second-order valence-corrected chi connectivity index (χ2v) is 12.5. The fourth-order valence-electron chi connectivity index (χ4n) is 7.53. The second kappa shape index (κ2) is 9.70. The number of hydrogen-bond acceptors (Lipinski definition) is 2. The predicted octanol–water partition coefficient (Wildman–Crippen LogP) is 12.2. The molecule has 1 aromatic heterocycles. The first-order chi connectivity index (χ1) is 22.1. The summed E-state index contributed by atoms with van der Waals surface area (Å²) in [7, 11) is 0. The quantitative estimate of drug-likeness (QED) is 0.207. The number of nitrogens with zero attached hydrogens (tertiary/aromatic N) is 1. The van der Waals surface area contributed by atoms with Crippen molar-refractivity contribution in [3.8, 4) is 22.3 Å². The Labute approximate surface area is 262 Å². The van der Waals surface area contributed by atoms with E-state index in [2.05, 4.69) is 170 Å². The van der Waals surface area contributed by atoms with Gasteiger partial charge in [-0.1, -0.05) is 129 Å². The molecule has 0 fully saturated rings. The van der Waals surface area contributed by atoms with Crippen LogP contribution in [0, 0.1) is 0 Å². The first-order valence-electron chi connectivity index (χ1n) is 15.6. The monoisotopic (exact) mass is 577 g/mol. The van der Waals surface area contributed by atoms with Crippen LogP contribution in [0.5, 0.6) is 0 Å². The Kier molecular flexibility index (Phi) is 5.58. The Morgan fingerprint density at radius 1 is 0.489 bits per heavy atom. The van der Waals surface area contributed by atoms with E-state index >= 15 is 0 Å². The van der Waals surface area contributed by atoms with Crippen LogP contribution < -0.4 is 4.90 Å². The number of furan rings is 1. The molecule has 8 aromatic rings. The largest absolute Gasteiger partial charge is 0.454 e. The SMILES string of the molecule is CC1(C)c2ccccc2-c2cc(N(c3ccccc3)c3cccc4c3oc3cc(-c5ccccc5)c5ccccc5c34)ccc21. The Balaban J connectivity index is 1.32. The van der Waals surface area contributed by atoms with Gasteiger partial charge >= 0.3 is 0 Å². The van der Waals surface area contributed by atoms with Crippen LogP contribution in [0.15, 0.2) is 156 Å². The summed E-state index contributed by atoms with van der Waals surface area (Å²) in [5.74, 6) is 0. The highest BCUT2D eigenvalue weighted by Gasteiger charge is 2.35. The van der Waals surface area contributed by atoms with E-state index in [1.54, 1.807) is 0 Å². The van der Waals surface area contributed by atoms with Gasteiger partial charge in [0.1, 0.15) is 5.58 Å². The fraction of sp³-hybridized carbons (Fsp3) is 0.0698. The molecule has 45 heavy (non-hydrogen) atoms. The predicted molar refractivity (Wildman–Crippen MR) is 189 cm³/mol. The molecular formula is C43H31NO. The van der Waals surface area contributed by atoms with Crippen molar-refractivity contribution >= 4 is 49.8 Å². The molecule has 0 saturated heterocycles. The molecule has 0 saturated carbocycles. The molecular weight excluding hydrogens is 546 g/mol.